The smallest absolute Gasteiger partial charge is 0.416 e. The van der Waals surface area contributed by atoms with Gasteiger partial charge in [0.15, 0.2) is 0 Å². The summed E-state index contributed by atoms with van der Waals surface area (Å²) in [5.41, 5.74) is -3.99. The van der Waals surface area contributed by atoms with Gasteiger partial charge in [-0.05, 0) is 30.3 Å². The third-order valence-electron chi connectivity index (χ3n) is 2.78. The van der Waals surface area contributed by atoms with Crippen molar-refractivity contribution in [1.29, 1.82) is 0 Å². The van der Waals surface area contributed by atoms with Gasteiger partial charge in [-0.25, -0.2) is 4.79 Å². The van der Waals surface area contributed by atoms with Gasteiger partial charge in [0.2, 0.25) is 0 Å². The first-order valence-corrected chi connectivity index (χ1v) is 6.14. The standard InChI is InChI=1S/C15H8F6O2/c16-14(17,18)10-6-9(7-11(8-10)15(19,20)21)13(22)23-12-4-2-1-3-5-12/h1-8H. The topological polar surface area (TPSA) is 26.3 Å². The molecule has 0 saturated carbocycles. The fourth-order valence-corrected chi connectivity index (χ4v) is 1.73. The number of carbonyl (C=O) groups excluding carboxylic acids is 1. The molecule has 0 unspecified atom stereocenters. The Balaban J connectivity index is 2.43. The summed E-state index contributed by atoms with van der Waals surface area (Å²) in [6.45, 7) is 0. The summed E-state index contributed by atoms with van der Waals surface area (Å²) in [5, 5.41) is 0. The van der Waals surface area contributed by atoms with Crippen molar-refractivity contribution in [1.82, 2.24) is 0 Å². The van der Waals surface area contributed by atoms with E-state index in [0.29, 0.717) is 12.1 Å². The van der Waals surface area contributed by atoms with Crippen LogP contribution in [0.1, 0.15) is 21.5 Å². The van der Waals surface area contributed by atoms with Crippen LogP contribution in [0.5, 0.6) is 5.75 Å². The number of esters is 1. The van der Waals surface area contributed by atoms with Crippen LogP contribution >= 0.6 is 0 Å². The van der Waals surface area contributed by atoms with Gasteiger partial charge in [-0.15, -0.1) is 0 Å². The van der Waals surface area contributed by atoms with Crippen LogP contribution in [0.3, 0.4) is 0 Å². The van der Waals surface area contributed by atoms with E-state index in [2.05, 4.69) is 0 Å². The Bertz CT molecular complexity index is 672. The Kier molecular flexibility index (Phi) is 4.35. The van der Waals surface area contributed by atoms with Gasteiger partial charge < -0.3 is 4.74 Å². The monoisotopic (exact) mass is 334 g/mol. The second kappa shape index (κ2) is 5.94. The summed E-state index contributed by atoms with van der Waals surface area (Å²) >= 11 is 0. The van der Waals surface area contributed by atoms with Crippen molar-refractivity contribution in [2.24, 2.45) is 0 Å². The molecule has 0 atom stereocenters. The highest BCUT2D eigenvalue weighted by molar-refractivity contribution is 5.91. The Hall–Kier alpha value is -2.51. The molecule has 0 N–H and O–H groups in total. The van der Waals surface area contributed by atoms with E-state index in [9.17, 15) is 31.1 Å². The van der Waals surface area contributed by atoms with Crippen molar-refractivity contribution in [2.45, 2.75) is 12.4 Å². The van der Waals surface area contributed by atoms with Crippen LogP contribution in [-0.4, -0.2) is 5.97 Å². The van der Waals surface area contributed by atoms with Gasteiger partial charge in [0.1, 0.15) is 5.75 Å². The lowest BCUT2D eigenvalue weighted by atomic mass is 10.0. The maximum atomic E-state index is 12.7. The van der Waals surface area contributed by atoms with E-state index in [4.69, 9.17) is 4.74 Å². The summed E-state index contributed by atoms with van der Waals surface area (Å²) in [6.07, 6.45) is -10.0. The lowest BCUT2D eigenvalue weighted by Gasteiger charge is -2.13. The van der Waals surface area contributed by atoms with Gasteiger partial charge in [0, 0.05) is 0 Å². The number of para-hydroxylation sites is 1. The molecule has 2 nitrogen and oxygen atoms in total. The molecule has 0 aliphatic rings. The summed E-state index contributed by atoms with van der Waals surface area (Å²) in [6, 6.07) is 7.86. The number of rotatable bonds is 2. The first kappa shape index (κ1) is 16.9. The Morgan fingerprint density at radius 2 is 1.26 bits per heavy atom. The molecule has 2 aromatic carbocycles. The first-order chi connectivity index (χ1) is 10.6. The van der Waals surface area contributed by atoms with E-state index in [1.165, 1.54) is 24.3 Å². The van der Waals surface area contributed by atoms with Gasteiger partial charge >= 0.3 is 18.3 Å². The molecular formula is C15H8F6O2. The summed E-state index contributed by atoms with van der Waals surface area (Å²) in [5.74, 6) is -1.31. The van der Waals surface area contributed by atoms with E-state index in [1.807, 2.05) is 0 Å². The van der Waals surface area contributed by atoms with Crippen molar-refractivity contribution < 1.29 is 35.9 Å². The molecule has 2 aromatic rings. The molecular weight excluding hydrogens is 326 g/mol. The van der Waals surface area contributed by atoms with Gasteiger partial charge in [-0.1, -0.05) is 18.2 Å². The summed E-state index contributed by atoms with van der Waals surface area (Å²) in [4.78, 5) is 11.8. The third kappa shape index (κ3) is 4.24. The average Bonchev–Trinajstić information content (AvgIpc) is 2.46. The second-order valence-corrected chi connectivity index (χ2v) is 4.50. The number of ether oxygens (including phenoxy) is 1. The van der Waals surface area contributed by atoms with Crippen LogP contribution in [0.4, 0.5) is 26.3 Å². The lowest BCUT2D eigenvalue weighted by molar-refractivity contribution is -0.143. The number of hydrogen-bond acceptors (Lipinski definition) is 2. The zero-order valence-electron chi connectivity index (χ0n) is 11.2. The highest BCUT2D eigenvalue weighted by atomic mass is 19.4. The number of alkyl halides is 6. The van der Waals surface area contributed by atoms with Crippen molar-refractivity contribution in [3.63, 3.8) is 0 Å². The minimum atomic E-state index is -5.02. The molecule has 0 radical (unpaired) electrons. The quantitative estimate of drug-likeness (QED) is 0.442. The first-order valence-electron chi connectivity index (χ1n) is 6.14. The number of hydrogen-bond donors (Lipinski definition) is 0. The summed E-state index contributed by atoms with van der Waals surface area (Å²) in [7, 11) is 0. The van der Waals surface area contributed by atoms with Crippen molar-refractivity contribution in [2.75, 3.05) is 0 Å². The molecule has 0 heterocycles. The molecule has 0 amide bonds. The predicted molar refractivity (Wildman–Crippen MR) is 67.8 cm³/mol. The van der Waals surface area contributed by atoms with E-state index >= 15 is 0 Å². The molecule has 0 fully saturated rings. The van der Waals surface area contributed by atoms with Crippen LogP contribution in [0.2, 0.25) is 0 Å². The van der Waals surface area contributed by atoms with Crippen molar-refractivity contribution in [3.8, 4) is 5.75 Å². The lowest BCUT2D eigenvalue weighted by Crippen LogP contribution is -2.15. The molecule has 0 bridgehead atoms. The fraction of sp³-hybridized carbons (Fsp3) is 0.133. The molecule has 8 heteroatoms. The van der Waals surface area contributed by atoms with E-state index in [1.54, 1.807) is 6.07 Å². The van der Waals surface area contributed by atoms with Gasteiger partial charge in [-0.2, -0.15) is 26.3 Å². The van der Waals surface area contributed by atoms with Gasteiger partial charge in [0.05, 0.1) is 16.7 Å². The Labute approximate surface area is 126 Å². The van der Waals surface area contributed by atoms with E-state index in [-0.39, 0.29) is 11.8 Å². The minimum Gasteiger partial charge on any atom is -0.423 e. The van der Waals surface area contributed by atoms with Crippen LogP contribution in [0.15, 0.2) is 48.5 Å². The molecule has 2 rings (SSSR count). The Morgan fingerprint density at radius 3 is 1.70 bits per heavy atom. The molecule has 122 valence electrons. The Morgan fingerprint density at radius 1 is 0.783 bits per heavy atom. The van der Waals surface area contributed by atoms with E-state index < -0.39 is 35.0 Å². The highest BCUT2D eigenvalue weighted by Gasteiger charge is 2.37. The van der Waals surface area contributed by atoms with Crippen molar-refractivity contribution >= 4 is 5.97 Å². The van der Waals surface area contributed by atoms with Gasteiger partial charge in [0.25, 0.3) is 0 Å². The molecule has 0 aliphatic heterocycles. The minimum absolute atomic E-state index is 0.00321. The molecule has 0 aromatic heterocycles. The van der Waals surface area contributed by atoms with E-state index in [0.717, 1.165) is 0 Å². The number of carbonyl (C=O) groups is 1. The second-order valence-electron chi connectivity index (χ2n) is 4.50. The predicted octanol–water partition coefficient (Wildman–Crippen LogP) is 4.94. The van der Waals surface area contributed by atoms with Crippen molar-refractivity contribution in [3.05, 3.63) is 65.2 Å². The van der Waals surface area contributed by atoms with Crippen LogP contribution in [0.25, 0.3) is 0 Å². The average molecular weight is 334 g/mol. The molecule has 0 saturated heterocycles. The largest absolute Gasteiger partial charge is 0.423 e. The summed E-state index contributed by atoms with van der Waals surface area (Å²) < 4.78 is 81.0. The molecule has 23 heavy (non-hydrogen) atoms. The zero-order chi connectivity index (χ0) is 17.3. The third-order valence-corrected chi connectivity index (χ3v) is 2.78. The number of benzene rings is 2. The number of halogens is 6. The molecule has 0 spiro atoms. The highest BCUT2D eigenvalue weighted by Crippen LogP contribution is 2.36. The molecule has 0 aliphatic carbocycles. The van der Waals surface area contributed by atoms with Crippen LogP contribution in [0, 0.1) is 0 Å². The maximum Gasteiger partial charge on any atom is 0.416 e. The zero-order valence-corrected chi connectivity index (χ0v) is 11.2. The SMILES string of the molecule is O=C(Oc1ccccc1)c1cc(C(F)(F)F)cc(C(F)(F)F)c1. The van der Waals surface area contributed by atoms with Crippen LogP contribution in [-0.2, 0) is 12.4 Å². The van der Waals surface area contributed by atoms with Gasteiger partial charge in [-0.3, -0.25) is 0 Å². The van der Waals surface area contributed by atoms with Crippen LogP contribution < -0.4 is 4.74 Å². The normalized spacial score (nSPS) is 12.1. The fourth-order valence-electron chi connectivity index (χ4n) is 1.73. The maximum absolute atomic E-state index is 12.7.